The van der Waals surface area contributed by atoms with Crippen LogP contribution in [0.25, 0.3) is 0 Å². The van der Waals surface area contributed by atoms with Gasteiger partial charge in [0.25, 0.3) is 16.1 Å². The maximum absolute atomic E-state index is 12.2. The van der Waals surface area contributed by atoms with E-state index in [1.54, 1.807) is 31.5 Å². The lowest BCUT2D eigenvalue weighted by Gasteiger charge is -2.23. The van der Waals surface area contributed by atoms with Crippen molar-refractivity contribution in [3.05, 3.63) is 23.8 Å². The lowest BCUT2D eigenvalue weighted by Crippen LogP contribution is -2.40. The summed E-state index contributed by atoms with van der Waals surface area (Å²) in [5.74, 6) is 0.113. The third kappa shape index (κ3) is 4.49. The van der Waals surface area contributed by atoms with E-state index in [1.807, 2.05) is 0 Å². The molecule has 0 spiro atoms. The zero-order valence-electron chi connectivity index (χ0n) is 14.4. The van der Waals surface area contributed by atoms with Crippen molar-refractivity contribution in [3.63, 3.8) is 0 Å². The number of hydrogen-bond acceptors (Lipinski definition) is 5. The second kappa shape index (κ2) is 8.00. The van der Waals surface area contributed by atoms with E-state index in [0.717, 1.165) is 31.4 Å². The number of carbonyl (C=O) groups is 1. The molecule has 1 aliphatic heterocycles. The first-order valence-electron chi connectivity index (χ1n) is 8.05. The molecule has 2 rings (SSSR count). The molecule has 1 aromatic heterocycles. The fourth-order valence-corrected chi connectivity index (χ4v) is 4.02. The van der Waals surface area contributed by atoms with Crippen LogP contribution in [-0.2, 0) is 16.6 Å². The molecule has 1 N–H and O–H groups in total. The summed E-state index contributed by atoms with van der Waals surface area (Å²) in [4.78, 5) is 19.9. The molecule has 134 valence electrons. The fraction of sp³-hybridized carbons (Fsp3) is 0.667. The second-order valence-corrected chi connectivity index (χ2v) is 8.31. The summed E-state index contributed by atoms with van der Waals surface area (Å²) in [7, 11) is 1.32. The highest BCUT2D eigenvalue weighted by Crippen LogP contribution is 2.23. The van der Waals surface area contributed by atoms with E-state index in [1.165, 1.54) is 10.6 Å². The Bertz CT molecular complexity index is 677. The van der Waals surface area contributed by atoms with E-state index in [-0.39, 0.29) is 5.91 Å². The molecular formula is C15H25N5O3S. The van der Waals surface area contributed by atoms with Crippen molar-refractivity contribution >= 4 is 16.1 Å². The van der Waals surface area contributed by atoms with Crippen LogP contribution < -0.4 is 5.32 Å². The van der Waals surface area contributed by atoms with Crippen molar-refractivity contribution in [1.82, 2.24) is 23.9 Å². The summed E-state index contributed by atoms with van der Waals surface area (Å²) < 4.78 is 27.3. The Balaban J connectivity index is 2.01. The van der Waals surface area contributed by atoms with Gasteiger partial charge in [0.1, 0.15) is 12.0 Å². The van der Waals surface area contributed by atoms with Gasteiger partial charge in [0, 0.05) is 39.9 Å². The van der Waals surface area contributed by atoms with Gasteiger partial charge in [0.15, 0.2) is 0 Å². The van der Waals surface area contributed by atoms with Crippen LogP contribution in [0.5, 0.6) is 0 Å². The molecule has 1 atom stereocenters. The third-order valence-electron chi connectivity index (χ3n) is 4.28. The van der Waals surface area contributed by atoms with Crippen molar-refractivity contribution < 1.29 is 13.2 Å². The lowest BCUT2D eigenvalue weighted by atomic mass is 9.95. The van der Waals surface area contributed by atoms with Crippen LogP contribution in [0.4, 0.5) is 0 Å². The van der Waals surface area contributed by atoms with E-state index in [0.29, 0.717) is 24.7 Å². The largest absolute Gasteiger partial charge is 0.354 e. The van der Waals surface area contributed by atoms with E-state index in [9.17, 15) is 13.2 Å². The Labute approximate surface area is 143 Å². The molecule has 0 radical (unpaired) electrons. The predicted octanol–water partition coefficient (Wildman–Crippen LogP) is 0.287. The first-order chi connectivity index (χ1) is 11.3. The Kier molecular flexibility index (Phi) is 6.25. The number of hydrogen-bond donors (Lipinski definition) is 1. The SMILES string of the molecule is CNC(=O)c1cc(C[C@H]2CCCN(S(=O)(=O)N(C)C)CC2)ncn1. The molecule has 1 amide bonds. The molecule has 1 aliphatic rings. The monoisotopic (exact) mass is 355 g/mol. The Hall–Kier alpha value is -1.58. The number of nitrogens with one attached hydrogen (secondary N) is 1. The van der Waals surface area contributed by atoms with Crippen LogP contribution in [0.15, 0.2) is 12.4 Å². The zero-order valence-corrected chi connectivity index (χ0v) is 15.2. The number of carbonyl (C=O) groups excluding carboxylic acids is 1. The summed E-state index contributed by atoms with van der Waals surface area (Å²) in [6.07, 6.45) is 4.68. The maximum atomic E-state index is 12.2. The van der Waals surface area contributed by atoms with Crippen molar-refractivity contribution in [2.24, 2.45) is 5.92 Å². The number of rotatable bonds is 5. The first kappa shape index (κ1) is 18.8. The summed E-state index contributed by atoms with van der Waals surface area (Å²) in [6.45, 7) is 1.06. The van der Waals surface area contributed by atoms with Gasteiger partial charge in [-0.15, -0.1) is 0 Å². The molecular weight excluding hydrogens is 330 g/mol. The third-order valence-corrected chi connectivity index (χ3v) is 6.22. The van der Waals surface area contributed by atoms with Crippen molar-refractivity contribution in [2.45, 2.75) is 25.7 Å². The quantitative estimate of drug-likeness (QED) is 0.819. The van der Waals surface area contributed by atoms with Gasteiger partial charge < -0.3 is 5.32 Å². The standard InChI is InChI=1S/C15H25N5O3S/c1-16-15(21)14-10-13(17-11-18-14)9-12-5-4-7-20(8-6-12)24(22,23)19(2)3/h10-12H,4-9H2,1-3H3,(H,16,21)/t12-/m0/s1. The minimum absolute atomic E-state index is 0.234. The smallest absolute Gasteiger partial charge is 0.281 e. The van der Waals surface area contributed by atoms with Crippen molar-refractivity contribution in [2.75, 3.05) is 34.2 Å². The lowest BCUT2D eigenvalue weighted by molar-refractivity contribution is 0.0957. The summed E-state index contributed by atoms with van der Waals surface area (Å²) in [5.41, 5.74) is 1.17. The molecule has 0 saturated carbocycles. The molecule has 1 aromatic rings. The molecule has 24 heavy (non-hydrogen) atoms. The molecule has 9 heteroatoms. The molecule has 8 nitrogen and oxygen atoms in total. The number of nitrogens with zero attached hydrogens (tertiary/aromatic N) is 4. The van der Waals surface area contributed by atoms with Gasteiger partial charge in [-0.2, -0.15) is 17.0 Å². The van der Waals surface area contributed by atoms with Gasteiger partial charge in [-0.05, 0) is 37.7 Å². The van der Waals surface area contributed by atoms with Crippen molar-refractivity contribution in [1.29, 1.82) is 0 Å². The Morgan fingerprint density at radius 1 is 1.33 bits per heavy atom. The van der Waals surface area contributed by atoms with Crippen molar-refractivity contribution in [3.8, 4) is 0 Å². The minimum atomic E-state index is -3.35. The molecule has 0 aromatic carbocycles. The van der Waals surface area contributed by atoms with Gasteiger partial charge in [-0.3, -0.25) is 4.79 Å². The van der Waals surface area contributed by atoms with E-state index < -0.39 is 10.2 Å². The van der Waals surface area contributed by atoms with Gasteiger partial charge in [0.05, 0.1) is 0 Å². The van der Waals surface area contributed by atoms with Gasteiger partial charge in [-0.1, -0.05) is 0 Å². The molecule has 0 aliphatic carbocycles. The number of amides is 1. The van der Waals surface area contributed by atoms with Crippen LogP contribution in [0.2, 0.25) is 0 Å². The Morgan fingerprint density at radius 2 is 2.08 bits per heavy atom. The summed E-state index contributed by atoms with van der Waals surface area (Å²) >= 11 is 0. The van der Waals surface area contributed by atoms with Gasteiger partial charge >= 0.3 is 0 Å². The van der Waals surface area contributed by atoms with Gasteiger partial charge in [-0.25, -0.2) is 9.97 Å². The van der Waals surface area contributed by atoms with Gasteiger partial charge in [0.2, 0.25) is 0 Å². The van der Waals surface area contributed by atoms with E-state index in [4.69, 9.17) is 0 Å². The highest BCUT2D eigenvalue weighted by Gasteiger charge is 2.27. The molecule has 1 saturated heterocycles. The average molecular weight is 355 g/mol. The first-order valence-corrected chi connectivity index (χ1v) is 9.45. The normalized spacial score (nSPS) is 19.9. The molecule has 0 unspecified atom stereocenters. The number of aromatic nitrogens is 2. The van der Waals surface area contributed by atoms with Crippen LogP contribution in [0.3, 0.4) is 0 Å². The second-order valence-electron chi connectivity index (χ2n) is 6.16. The highest BCUT2D eigenvalue weighted by molar-refractivity contribution is 7.86. The van der Waals surface area contributed by atoms with Crippen LogP contribution in [0, 0.1) is 5.92 Å². The maximum Gasteiger partial charge on any atom is 0.281 e. The summed E-state index contributed by atoms with van der Waals surface area (Å²) in [5, 5.41) is 2.55. The Morgan fingerprint density at radius 3 is 2.75 bits per heavy atom. The summed E-state index contributed by atoms with van der Waals surface area (Å²) in [6, 6.07) is 1.71. The van der Waals surface area contributed by atoms with E-state index in [2.05, 4.69) is 15.3 Å². The molecule has 0 bridgehead atoms. The highest BCUT2D eigenvalue weighted by atomic mass is 32.2. The average Bonchev–Trinajstić information content (AvgIpc) is 2.80. The van der Waals surface area contributed by atoms with Crippen LogP contribution >= 0.6 is 0 Å². The van der Waals surface area contributed by atoms with Crippen LogP contribution in [0.1, 0.15) is 35.4 Å². The fourth-order valence-electron chi connectivity index (χ4n) is 2.86. The molecule has 1 fully saturated rings. The van der Waals surface area contributed by atoms with Crippen LogP contribution in [-0.4, -0.2) is 67.1 Å². The minimum Gasteiger partial charge on any atom is -0.354 e. The molecule has 2 heterocycles. The topological polar surface area (TPSA) is 95.5 Å². The predicted molar refractivity (Wildman–Crippen MR) is 90.6 cm³/mol. The zero-order chi connectivity index (χ0) is 17.7. The van der Waals surface area contributed by atoms with E-state index >= 15 is 0 Å².